The van der Waals surface area contributed by atoms with Crippen molar-refractivity contribution in [3.05, 3.63) is 24.3 Å². The molecule has 0 spiro atoms. The average molecular weight is 300 g/mol. The highest BCUT2D eigenvalue weighted by Gasteiger charge is 2.31. The number of para-hydroxylation sites is 2. The Bertz CT molecular complexity index is 594. The third kappa shape index (κ3) is 3.20. The molecule has 0 aliphatic carbocycles. The third-order valence-corrected chi connectivity index (χ3v) is 4.81. The zero-order chi connectivity index (χ0) is 14.8. The molecule has 8 heteroatoms. The van der Waals surface area contributed by atoms with Gasteiger partial charge in [-0.2, -0.15) is 12.7 Å². The Hall–Kier alpha value is -1.80. The van der Waals surface area contributed by atoms with E-state index < -0.39 is 22.1 Å². The first kappa shape index (κ1) is 14.6. The standard InChI is InChI=1S/C12H16N2O5S/c15-11-4-2-1-3-10(11)13-20(18,19)14-7-5-9(6-8-14)12(16)17/h1-4,9,13,15H,5-8H2,(H,16,17). The van der Waals surface area contributed by atoms with Crippen LogP contribution >= 0.6 is 0 Å². The number of hydrogen-bond acceptors (Lipinski definition) is 4. The second-order valence-corrected chi connectivity index (χ2v) is 6.31. The Morgan fingerprint density at radius 3 is 2.40 bits per heavy atom. The SMILES string of the molecule is O=C(O)C1CCN(S(=O)(=O)Nc2ccccc2O)CC1. The van der Waals surface area contributed by atoms with Gasteiger partial charge in [0.05, 0.1) is 11.6 Å². The average Bonchev–Trinajstić information content (AvgIpc) is 2.41. The fourth-order valence-electron chi connectivity index (χ4n) is 2.11. The molecular weight excluding hydrogens is 284 g/mol. The van der Waals surface area contributed by atoms with E-state index in [2.05, 4.69) is 4.72 Å². The second-order valence-electron chi connectivity index (χ2n) is 4.64. The van der Waals surface area contributed by atoms with E-state index in [0.717, 1.165) is 0 Å². The molecule has 1 saturated heterocycles. The summed E-state index contributed by atoms with van der Waals surface area (Å²) in [7, 11) is -3.78. The van der Waals surface area contributed by atoms with Crippen LogP contribution in [0.3, 0.4) is 0 Å². The van der Waals surface area contributed by atoms with Crippen molar-refractivity contribution >= 4 is 21.9 Å². The molecule has 0 atom stereocenters. The van der Waals surface area contributed by atoms with Crippen molar-refractivity contribution in [1.29, 1.82) is 0 Å². The van der Waals surface area contributed by atoms with E-state index >= 15 is 0 Å². The van der Waals surface area contributed by atoms with E-state index in [4.69, 9.17) is 5.11 Å². The summed E-state index contributed by atoms with van der Waals surface area (Å²) in [6.07, 6.45) is 0.577. The zero-order valence-corrected chi connectivity index (χ0v) is 11.5. The first-order valence-electron chi connectivity index (χ1n) is 6.19. The molecule has 0 saturated carbocycles. The molecule has 0 bridgehead atoms. The number of nitrogens with zero attached hydrogens (tertiary/aromatic N) is 1. The number of phenolic OH excluding ortho intramolecular Hbond substituents is 1. The van der Waals surface area contributed by atoms with Crippen molar-refractivity contribution in [2.24, 2.45) is 5.92 Å². The van der Waals surface area contributed by atoms with Gasteiger partial charge in [-0.25, -0.2) is 0 Å². The molecule has 1 aromatic rings. The quantitative estimate of drug-likeness (QED) is 0.714. The Balaban J connectivity index is 2.05. The molecule has 1 heterocycles. The first-order valence-corrected chi connectivity index (χ1v) is 7.63. The summed E-state index contributed by atoms with van der Waals surface area (Å²) in [6.45, 7) is 0.305. The van der Waals surface area contributed by atoms with Crippen molar-refractivity contribution in [1.82, 2.24) is 4.31 Å². The Morgan fingerprint density at radius 2 is 1.85 bits per heavy atom. The smallest absolute Gasteiger partial charge is 0.306 e. The minimum atomic E-state index is -3.78. The number of nitrogens with one attached hydrogen (secondary N) is 1. The number of hydrogen-bond donors (Lipinski definition) is 3. The molecule has 1 aromatic carbocycles. The van der Waals surface area contributed by atoms with E-state index in [9.17, 15) is 18.3 Å². The van der Waals surface area contributed by atoms with Crippen LogP contribution in [0, 0.1) is 5.92 Å². The molecule has 2 rings (SSSR count). The van der Waals surface area contributed by atoms with Crippen LogP contribution in [-0.4, -0.2) is 42.0 Å². The lowest BCUT2D eigenvalue weighted by atomic mass is 9.99. The maximum Gasteiger partial charge on any atom is 0.306 e. The summed E-state index contributed by atoms with van der Waals surface area (Å²) in [5.74, 6) is -1.54. The van der Waals surface area contributed by atoms with Crippen molar-refractivity contribution in [3.8, 4) is 5.75 Å². The van der Waals surface area contributed by atoms with E-state index in [1.807, 2.05) is 0 Å². The predicted octanol–water partition coefficient (Wildman–Crippen LogP) is 0.845. The van der Waals surface area contributed by atoms with Gasteiger partial charge in [-0.15, -0.1) is 0 Å². The molecule has 7 nitrogen and oxygen atoms in total. The molecule has 1 aliphatic heterocycles. The van der Waals surface area contributed by atoms with Gasteiger partial charge in [0.25, 0.3) is 0 Å². The highest BCUT2D eigenvalue weighted by molar-refractivity contribution is 7.90. The fourth-order valence-corrected chi connectivity index (χ4v) is 3.38. The van der Waals surface area contributed by atoms with Crippen LogP contribution < -0.4 is 4.72 Å². The van der Waals surface area contributed by atoms with Crippen LogP contribution in [0.1, 0.15) is 12.8 Å². The molecular formula is C12H16N2O5S. The number of benzene rings is 1. The molecule has 0 radical (unpaired) electrons. The van der Waals surface area contributed by atoms with Crippen molar-refractivity contribution in [2.75, 3.05) is 17.8 Å². The lowest BCUT2D eigenvalue weighted by Crippen LogP contribution is -2.42. The maximum atomic E-state index is 12.1. The van der Waals surface area contributed by atoms with E-state index in [1.165, 1.54) is 16.4 Å². The van der Waals surface area contributed by atoms with Gasteiger partial charge in [0, 0.05) is 13.1 Å². The molecule has 0 amide bonds. The highest BCUT2D eigenvalue weighted by Crippen LogP contribution is 2.25. The van der Waals surface area contributed by atoms with Crippen molar-refractivity contribution in [3.63, 3.8) is 0 Å². The first-order chi connectivity index (χ1) is 9.40. The summed E-state index contributed by atoms with van der Waals surface area (Å²) in [4.78, 5) is 10.8. The Labute approximate surface area is 117 Å². The van der Waals surface area contributed by atoms with Crippen LogP contribution in [0.2, 0.25) is 0 Å². The van der Waals surface area contributed by atoms with Crippen LogP contribution in [-0.2, 0) is 15.0 Å². The van der Waals surface area contributed by atoms with Crippen LogP contribution in [0.4, 0.5) is 5.69 Å². The summed E-state index contributed by atoms with van der Waals surface area (Å²) in [6, 6.07) is 6.03. The van der Waals surface area contributed by atoms with E-state index in [0.29, 0.717) is 0 Å². The number of phenols is 1. The molecule has 110 valence electrons. The van der Waals surface area contributed by atoms with Gasteiger partial charge in [0.1, 0.15) is 5.75 Å². The number of carboxylic acids is 1. The largest absolute Gasteiger partial charge is 0.506 e. The number of carboxylic acid groups (broad SMARTS) is 1. The number of piperidine rings is 1. The van der Waals surface area contributed by atoms with Gasteiger partial charge in [0.15, 0.2) is 0 Å². The van der Waals surface area contributed by atoms with Gasteiger partial charge < -0.3 is 10.2 Å². The molecule has 1 aliphatic rings. The zero-order valence-electron chi connectivity index (χ0n) is 10.7. The number of aromatic hydroxyl groups is 1. The summed E-state index contributed by atoms with van der Waals surface area (Å²) < 4.78 is 27.8. The van der Waals surface area contributed by atoms with Crippen LogP contribution in [0.25, 0.3) is 0 Å². The third-order valence-electron chi connectivity index (χ3n) is 3.29. The normalized spacial score (nSPS) is 17.8. The molecule has 3 N–H and O–H groups in total. The minimum absolute atomic E-state index is 0.104. The lowest BCUT2D eigenvalue weighted by molar-refractivity contribution is -0.142. The van der Waals surface area contributed by atoms with Gasteiger partial charge in [0.2, 0.25) is 0 Å². The highest BCUT2D eigenvalue weighted by atomic mass is 32.2. The Morgan fingerprint density at radius 1 is 1.25 bits per heavy atom. The van der Waals surface area contributed by atoms with Gasteiger partial charge >= 0.3 is 16.2 Å². The lowest BCUT2D eigenvalue weighted by Gasteiger charge is -2.29. The number of anilines is 1. The molecule has 0 aromatic heterocycles. The second kappa shape index (κ2) is 5.68. The Kier molecular flexibility index (Phi) is 4.15. The predicted molar refractivity (Wildman–Crippen MR) is 72.6 cm³/mol. The number of rotatable bonds is 4. The van der Waals surface area contributed by atoms with Crippen LogP contribution in [0.5, 0.6) is 5.75 Å². The van der Waals surface area contributed by atoms with Gasteiger partial charge in [-0.1, -0.05) is 12.1 Å². The van der Waals surface area contributed by atoms with E-state index in [1.54, 1.807) is 12.1 Å². The van der Waals surface area contributed by atoms with Crippen LogP contribution in [0.15, 0.2) is 24.3 Å². The number of aliphatic carboxylic acids is 1. The maximum absolute atomic E-state index is 12.1. The topological polar surface area (TPSA) is 107 Å². The summed E-state index contributed by atoms with van der Waals surface area (Å²) >= 11 is 0. The summed E-state index contributed by atoms with van der Waals surface area (Å²) in [5.41, 5.74) is 0.104. The van der Waals surface area contributed by atoms with Gasteiger partial charge in [-0.3, -0.25) is 9.52 Å². The fraction of sp³-hybridized carbons (Fsp3) is 0.417. The summed E-state index contributed by atoms with van der Waals surface area (Å²) in [5, 5.41) is 18.4. The molecule has 1 fully saturated rings. The number of carbonyl (C=O) groups is 1. The van der Waals surface area contributed by atoms with E-state index in [-0.39, 0.29) is 37.4 Å². The molecule has 20 heavy (non-hydrogen) atoms. The monoisotopic (exact) mass is 300 g/mol. The minimum Gasteiger partial charge on any atom is -0.506 e. The van der Waals surface area contributed by atoms with Crippen molar-refractivity contribution in [2.45, 2.75) is 12.8 Å². The van der Waals surface area contributed by atoms with Gasteiger partial charge in [-0.05, 0) is 25.0 Å². The van der Waals surface area contributed by atoms with Crippen molar-refractivity contribution < 1.29 is 23.4 Å². The molecule has 0 unspecified atom stereocenters.